The standard InChI is InChI=1S/C22H27BrN4O2S/c23-17-11-9-15(10-12-17)20-25-26-22(30-20)24-19(28)13-14-27(18-7-2-1-3-8-18)21(29)16-5-4-6-16/h9-12,16,18H,1-8,13-14H2,(H,24,26,28). The SMILES string of the molecule is O=C(CCN(C(=O)C1CCC1)C1CCCCC1)Nc1nnc(-c2ccc(Br)cc2)s1. The van der Waals surface area contributed by atoms with Crippen molar-refractivity contribution >= 4 is 44.2 Å². The number of carbonyl (C=O) groups excluding carboxylic acids is 2. The number of rotatable bonds is 7. The van der Waals surface area contributed by atoms with Gasteiger partial charge < -0.3 is 10.2 Å². The molecule has 1 aromatic heterocycles. The molecule has 0 aliphatic heterocycles. The van der Waals surface area contributed by atoms with E-state index in [2.05, 4.69) is 31.4 Å². The molecular weight excluding hydrogens is 464 g/mol. The van der Waals surface area contributed by atoms with Gasteiger partial charge in [0.2, 0.25) is 16.9 Å². The number of benzene rings is 1. The molecule has 1 aromatic carbocycles. The van der Waals surface area contributed by atoms with E-state index in [1.54, 1.807) is 0 Å². The minimum absolute atomic E-state index is 0.115. The molecule has 2 saturated carbocycles. The second kappa shape index (κ2) is 10.0. The smallest absolute Gasteiger partial charge is 0.227 e. The Balaban J connectivity index is 1.34. The van der Waals surface area contributed by atoms with Crippen molar-refractivity contribution in [2.45, 2.75) is 63.8 Å². The van der Waals surface area contributed by atoms with E-state index in [4.69, 9.17) is 0 Å². The van der Waals surface area contributed by atoms with Gasteiger partial charge in [0, 0.05) is 35.0 Å². The van der Waals surface area contributed by atoms with Crippen molar-refractivity contribution in [1.82, 2.24) is 15.1 Å². The Morgan fingerprint density at radius 2 is 1.77 bits per heavy atom. The summed E-state index contributed by atoms with van der Waals surface area (Å²) >= 11 is 4.78. The van der Waals surface area contributed by atoms with Crippen molar-refractivity contribution in [2.75, 3.05) is 11.9 Å². The van der Waals surface area contributed by atoms with Crippen LogP contribution in [0.25, 0.3) is 10.6 Å². The largest absolute Gasteiger partial charge is 0.339 e. The average molecular weight is 491 g/mol. The third-order valence-corrected chi connectivity index (χ3v) is 7.51. The third-order valence-electron chi connectivity index (χ3n) is 6.10. The summed E-state index contributed by atoms with van der Waals surface area (Å²) in [5, 5.41) is 12.4. The van der Waals surface area contributed by atoms with E-state index in [1.807, 2.05) is 29.2 Å². The molecule has 0 radical (unpaired) electrons. The zero-order valence-electron chi connectivity index (χ0n) is 17.0. The van der Waals surface area contributed by atoms with Gasteiger partial charge in [-0.15, -0.1) is 10.2 Å². The highest BCUT2D eigenvalue weighted by Crippen LogP contribution is 2.32. The van der Waals surface area contributed by atoms with Crippen LogP contribution in [0.3, 0.4) is 0 Å². The fourth-order valence-electron chi connectivity index (χ4n) is 4.14. The molecule has 0 unspecified atom stereocenters. The van der Waals surface area contributed by atoms with Gasteiger partial charge in [-0.1, -0.05) is 65.1 Å². The van der Waals surface area contributed by atoms with E-state index in [9.17, 15) is 9.59 Å². The van der Waals surface area contributed by atoms with Gasteiger partial charge in [-0.05, 0) is 37.8 Å². The molecule has 1 N–H and O–H groups in total. The number of amides is 2. The Hall–Kier alpha value is -1.80. The molecule has 0 atom stereocenters. The van der Waals surface area contributed by atoms with Gasteiger partial charge in [0.1, 0.15) is 5.01 Å². The fraction of sp³-hybridized carbons (Fsp3) is 0.545. The van der Waals surface area contributed by atoms with Crippen LogP contribution in [0.1, 0.15) is 57.8 Å². The highest BCUT2D eigenvalue weighted by molar-refractivity contribution is 9.10. The summed E-state index contributed by atoms with van der Waals surface area (Å²) < 4.78 is 1.00. The lowest BCUT2D eigenvalue weighted by Crippen LogP contribution is -2.47. The van der Waals surface area contributed by atoms with Crippen molar-refractivity contribution in [1.29, 1.82) is 0 Å². The lowest BCUT2D eigenvalue weighted by atomic mass is 9.83. The third kappa shape index (κ3) is 5.27. The number of hydrogen-bond donors (Lipinski definition) is 1. The lowest BCUT2D eigenvalue weighted by molar-refractivity contribution is -0.141. The molecule has 2 fully saturated rings. The Kier molecular flexibility index (Phi) is 7.15. The van der Waals surface area contributed by atoms with Gasteiger partial charge in [-0.2, -0.15) is 0 Å². The van der Waals surface area contributed by atoms with Gasteiger partial charge in [0.15, 0.2) is 0 Å². The number of aromatic nitrogens is 2. The van der Waals surface area contributed by atoms with Crippen molar-refractivity contribution in [3.63, 3.8) is 0 Å². The van der Waals surface area contributed by atoms with Crippen molar-refractivity contribution in [2.24, 2.45) is 5.92 Å². The summed E-state index contributed by atoms with van der Waals surface area (Å²) in [5.41, 5.74) is 0.964. The summed E-state index contributed by atoms with van der Waals surface area (Å²) in [6.07, 6.45) is 9.16. The molecular formula is C22H27BrN4O2S. The van der Waals surface area contributed by atoms with Gasteiger partial charge in [0.25, 0.3) is 0 Å². The van der Waals surface area contributed by atoms with Crippen LogP contribution in [0.2, 0.25) is 0 Å². The molecule has 2 aliphatic carbocycles. The minimum Gasteiger partial charge on any atom is -0.339 e. The molecule has 4 rings (SSSR count). The van der Waals surface area contributed by atoms with Gasteiger partial charge in [-0.25, -0.2) is 0 Å². The highest BCUT2D eigenvalue weighted by Gasteiger charge is 2.33. The Morgan fingerprint density at radius 3 is 2.43 bits per heavy atom. The second-order valence-corrected chi connectivity index (χ2v) is 10.1. The first kappa shape index (κ1) is 21.4. The van der Waals surface area contributed by atoms with E-state index in [1.165, 1.54) is 30.6 Å². The first-order chi connectivity index (χ1) is 14.6. The van der Waals surface area contributed by atoms with E-state index in [-0.39, 0.29) is 17.7 Å². The van der Waals surface area contributed by atoms with Crippen LogP contribution in [0.5, 0.6) is 0 Å². The number of nitrogens with one attached hydrogen (secondary N) is 1. The second-order valence-electron chi connectivity index (χ2n) is 8.17. The maximum atomic E-state index is 13.0. The quantitative estimate of drug-likeness (QED) is 0.574. The minimum atomic E-state index is -0.115. The van der Waals surface area contributed by atoms with Crippen LogP contribution in [0.15, 0.2) is 28.7 Å². The van der Waals surface area contributed by atoms with E-state index >= 15 is 0 Å². The maximum absolute atomic E-state index is 13.0. The summed E-state index contributed by atoms with van der Waals surface area (Å²) in [6.45, 7) is 0.490. The fourth-order valence-corrected chi connectivity index (χ4v) is 5.17. The Morgan fingerprint density at radius 1 is 1.03 bits per heavy atom. The normalized spacial score (nSPS) is 17.4. The van der Waals surface area contributed by atoms with Crippen molar-refractivity contribution in [3.05, 3.63) is 28.7 Å². The Bertz CT molecular complexity index is 876. The van der Waals surface area contributed by atoms with E-state index in [0.717, 1.165) is 47.1 Å². The van der Waals surface area contributed by atoms with Crippen molar-refractivity contribution < 1.29 is 9.59 Å². The summed E-state index contributed by atoms with van der Waals surface area (Å²) in [5.74, 6) is 0.316. The van der Waals surface area contributed by atoms with Crippen LogP contribution < -0.4 is 5.32 Å². The summed E-state index contributed by atoms with van der Waals surface area (Å²) in [7, 11) is 0. The first-order valence-corrected chi connectivity index (χ1v) is 12.4. The molecule has 0 spiro atoms. The van der Waals surface area contributed by atoms with Crippen LogP contribution in [-0.4, -0.2) is 39.5 Å². The van der Waals surface area contributed by atoms with Crippen LogP contribution in [0, 0.1) is 5.92 Å². The Labute approximate surface area is 189 Å². The number of nitrogens with zero attached hydrogens (tertiary/aromatic N) is 3. The molecule has 160 valence electrons. The van der Waals surface area contributed by atoms with Crippen LogP contribution in [-0.2, 0) is 9.59 Å². The summed E-state index contributed by atoms with van der Waals surface area (Å²) in [6, 6.07) is 8.13. The lowest BCUT2D eigenvalue weighted by Gasteiger charge is -2.38. The highest BCUT2D eigenvalue weighted by atomic mass is 79.9. The topological polar surface area (TPSA) is 75.2 Å². The molecule has 0 bridgehead atoms. The van der Waals surface area contributed by atoms with E-state index < -0.39 is 0 Å². The molecule has 2 aliphatic rings. The van der Waals surface area contributed by atoms with E-state index in [0.29, 0.717) is 24.1 Å². The molecule has 8 heteroatoms. The first-order valence-electron chi connectivity index (χ1n) is 10.8. The number of carbonyl (C=O) groups is 2. The summed E-state index contributed by atoms with van der Waals surface area (Å²) in [4.78, 5) is 27.5. The maximum Gasteiger partial charge on any atom is 0.227 e. The molecule has 2 amide bonds. The average Bonchev–Trinajstić information content (AvgIpc) is 3.16. The van der Waals surface area contributed by atoms with Crippen LogP contribution >= 0.6 is 27.3 Å². The van der Waals surface area contributed by atoms with Crippen LogP contribution in [0.4, 0.5) is 5.13 Å². The predicted octanol–water partition coefficient (Wildman–Crippen LogP) is 5.26. The molecule has 2 aromatic rings. The van der Waals surface area contributed by atoms with Crippen molar-refractivity contribution in [3.8, 4) is 10.6 Å². The molecule has 1 heterocycles. The van der Waals surface area contributed by atoms with Gasteiger partial charge >= 0.3 is 0 Å². The monoisotopic (exact) mass is 490 g/mol. The zero-order chi connectivity index (χ0) is 20.9. The number of anilines is 1. The molecule has 6 nitrogen and oxygen atoms in total. The zero-order valence-corrected chi connectivity index (χ0v) is 19.4. The van der Waals surface area contributed by atoms with Gasteiger partial charge in [0.05, 0.1) is 0 Å². The number of hydrogen-bond acceptors (Lipinski definition) is 5. The molecule has 0 saturated heterocycles. The van der Waals surface area contributed by atoms with Gasteiger partial charge in [-0.3, -0.25) is 9.59 Å². The molecule has 30 heavy (non-hydrogen) atoms. The predicted molar refractivity (Wildman–Crippen MR) is 122 cm³/mol. The number of halogens is 1.